The van der Waals surface area contributed by atoms with Crippen LogP contribution in [0.4, 0.5) is 0 Å². The molecule has 2 fully saturated rings. The average Bonchev–Trinajstić information content (AvgIpc) is 3.05. The molecule has 1 unspecified atom stereocenters. The molecule has 2 aliphatic rings. The number of fused-ring (bicyclic) bond motifs is 1. The van der Waals surface area contributed by atoms with Crippen LogP contribution in [0.5, 0.6) is 0 Å². The zero-order chi connectivity index (χ0) is 15.2. The highest BCUT2D eigenvalue weighted by Gasteiger charge is 2.37. The summed E-state index contributed by atoms with van der Waals surface area (Å²) >= 11 is 0. The van der Waals surface area contributed by atoms with E-state index in [0.29, 0.717) is 31.9 Å². The van der Waals surface area contributed by atoms with E-state index in [2.05, 4.69) is 15.2 Å². The number of rotatable bonds is 1. The lowest BCUT2D eigenvalue weighted by Crippen LogP contribution is -2.53. The molecule has 0 radical (unpaired) electrons. The molecule has 114 valence electrons. The Morgan fingerprint density at radius 1 is 1.33 bits per heavy atom. The number of aromatic amines is 1. The molecule has 0 spiro atoms. The number of piperazine rings is 1. The second-order valence-corrected chi connectivity index (χ2v) is 6.79. The third kappa shape index (κ3) is 2.52. The van der Waals surface area contributed by atoms with Gasteiger partial charge in [0.05, 0.1) is 0 Å². The second kappa shape index (κ2) is 4.82. The Labute approximate surface area is 123 Å². The Morgan fingerprint density at radius 3 is 2.76 bits per heavy atom. The fraction of sp³-hybridized carbons (Fsp3) is 0.714. The summed E-state index contributed by atoms with van der Waals surface area (Å²) in [7, 11) is 0. The molecule has 0 aliphatic carbocycles. The summed E-state index contributed by atoms with van der Waals surface area (Å²) < 4.78 is 0. The van der Waals surface area contributed by atoms with Crippen LogP contribution in [0.2, 0.25) is 0 Å². The average molecular weight is 291 g/mol. The lowest BCUT2D eigenvalue weighted by Gasteiger charge is -2.37. The minimum absolute atomic E-state index is 0.152. The van der Waals surface area contributed by atoms with Crippen molar-refractivity contribution in [2.45, 2.75) is 45.1 Å². The maximum Gasteiger partial charge on any atom is 0.293 e. The number of carbonyl (C=O) groups excluding carboxylic acids is 2. The van der Waals surface area contributed by atoms with Crippen LogP contribution in [0.3, 0.4) is 0 Å². The third-order valence-corrected chi connectivity index (χ3v) is 4.17. The smallest absolute Gasteiger partial charge is 0.293 e. The van der Waals surface area contributed by atoms with Crippen LogP contribution in [0, 0.1) is 0 Å². The first-order chi connectivity index (χ1) is 9.86. The van der Waals surface area contributed by atoms with Gasteiger partial charge in [0.2, 0.25) is 11.7 Å². The minimum Gasteiger partial charge on any atom is -0.336 e. The number of amides is 2. The molecule has 21 heavy (non-hydrogen) atoms. The van der Waals surface area contributed by atoms with Crippen molar-refractivity contribution in [1.29, 1.82) is 0 Å². The molecule has 2 amide bonds. The van der Waals surface area contributed by atoms with Gasteiger partial charge in [0.25, 0.3) is 5.91 Å². The Bertz CT molecular complexity index is 574. The van der Waals surface area contributed by atoms with Gasteiger partial charge in [-0.1, -0.05) is 20.8 Å². The molecular weight excluding hydrogens is 270 g/mol. The first-order valence-electron chi connectivity index (χ1n) is 7.38. The van der Waals surface area contributed by atoms with E-state index in [1.54, 1.807) is 4.90 Å². The lowest BCUT2D eigenvalue weighted by molar-refractivity contribution is -0.130. The number of carbonyl (C=O) groups is 2. The normalized spacial score (nSPS) is 22.6. The zero-order valence-electron chi connectivity index (χ0n) is 12.7. The summed E-state index contributed by atoms with van der Waals surface area (Å²) in [6.45, 7) is 7.82. The van der Waals surface area contributed by atoms with Gasteiger partial charge in [-0.2, -0.15) is 0 Å². The largest absolute Gasteiger partial charge is 0.336 e. The standard InChI is InChI=1S/C14H21N5O2/c1-14(2,3)13-15-11(16-17-13)12(21)18-6-7-19-9(8-18)4-5-10(19)20/h9H,4-8H2,1-3H3,(H,15,16,17). The fourth-order valence-corrected chi connectivity index (χ4v) is 2.88. The molecule has 0 saturated carbocycles. The van der Waals surface area contributed by atoms with E-state index in [-0.39, 0.29) is 29.1 Å². The van der Waals surface area contributed by atoms with E-state index in [0.717, 1.165) is 6.42 Å². The predicted molar refractivity (Wildman–Crippen MR) is 75.7 cm³/mol. The van der Waals surface area contributed by atoms with Crippen molar-refractivity contribution in [3.8, 4) is 0 Å². The van der Waals surface area contributed by atoms with Crippen LogP contribution in [-0.4, -0.2) is 62.5 Å². The van der Waals surface area contributed by atoms with Gasteiger partial charge in [0.1, 0.15) is 5.82 Å². The van der Waals surface area contributed by atoms with E-state index < -0.39 is 0 Å². The zero-order valence-corrected chi connectivity index (χ0v) is 12.7. The summed E-state index contributed by atoms with van der Waals surface area (Å²) in [6.07, 6.45) is 1.44. The van der Waals surface area contributed by atoms with Crippen LogP contribution in [0.25, 0.3) is 0 Å². The monoisotopic (exact) mass is 291 g/mol. The van der Waals surface area contributed by atoms with E-state index in [4.69, 9.17) is 0 Å². The molecule has 7 heteroatoms. The Balaban J connectivity index is 1.71. The molecule has 7 nitrogen and oxygen atoms in total. The molecular formula is C14H21N5O2. The molecule has 0 aromatic carbocycles. The molecule has 3 rings (SSSR count). The second-order valence-electron chi connectivity index (χ2n) is 6.79. The fourth-order valence-electron chi connectivity index (χ4n) is 2.88. The topological polar surface area (TPSA) is 82.2 Å². The third-order valence-electron chi connectivity index (χ3n) is 4.17. The lowest BCUT2D eigenvalue weighted by atomic mass is 9.96. The Hall–Kier alpha value is -1.92. The maximum atomic E-state index is 12.5. The van der Waals surface area contributed by atoms with Crippen LogP contribution in [-0.2, 0) is 10.2 Å². The maximum absolute atomic E-state index is 12.5. The number of hydrogen-bond donors (Lipinski definition) is 1. The van der Waals surface area contributed by atoms with E-state index in [1.807, 2.05) is 25.7 Å². The van der Waals surface area contributed by atoms with Gasteiger partial charge in [0, 0.05) is 37.5 Å². The molecule has 1 aromatic rings. The number of nitrogens with zero attached hydrogens (tertiary/aromatic N) is 4. The molecule has 0 bridgehead atoms. The van der Waals surface area contributed by atoms with Crippen molar-refractivity contribution in [3.05, 3.63) is 11.6 Å². The summed E-state index contributed by atoms with van der Waals surface area (Å²) in [6, 6.07) is 0.163. The highest BCUT2D eigenvalue weighted by Crippen LogP contribution is 2.24. The molecule has 1 N–H and O–H groups in total. The van der Waals surface area contributed by atoms with Crippen molar-refractivity contribution in [3.63, 3.8) is 0 Å². The highest BCUT2D eigenvalue weighted by molar-refractivity contribution is 5.91. The van der Waals surface area contributed by atoms with Gasteiger partial charge in [0.15, 0.2) is 0 Å². The van der Waals surface area contributed by atoms with E-state index >= 15 is 0 Å². The SMILES string of the molecule is CC(C)(C)c1nc(C(=O)N2CCN3C(=O)CCC3C2)n[nH]1. The van der Waals surface area contributed by atoms with Crippen LogP contribution in [0.1, 0.15) is 50.1 Å². The Morgan fingerprint density at radius 2 is 2.10 bits per heavy atom. The van der Waals surface area contributed by atoms with Crippen molar-refractivity contribution in [2.75, 3.05) is 19.6 Å². The number of H-pyrrole nitrogens is 1. The van der Waals surface area contributed by atoms with Crippen molar-refractivity contribution >= 4 is 11.8 Å². The summed E-state index contributed by atoms with van der Waals surface area (Å²) in [4.78, 5) is 32.1. The summed E-state index contributed by atoms with van der Waals surface area (Å²) in [5.74, 6) is 0.985. The first kappa shape index (κ1) is 14.0. The van der Waals surface area contributed by atoms with Gasteiger partial charge in [-0.3, -0.25) is 14.7 Å². The number of aromatic nitrogens is 3. The molecule has 2 saturated heterocycles. The van der Waals surface area contributed by atoms with Crippen LogP contribution >= 0.6 is 0 Å². The van der Waals surface area contributed by atoms with Crippen molar-refractivity contribution in [1.82, 2.24) is 25.0 Å². The number of nitrogens with one attached hydrogen (secondary N) is 1. The molecule has 1 atom stereocenters. The van der Waals surface area contributed by atoms with Crippen LogP contribution in [0.15, 0.2) is 0 Å². The van der Waals surface area contributed by atoms with Gasteiger partial charge in [-0.15, -0.1) is 5.10 Å². The highest BCUT2D eigenvalue weighted by atomic mass is 16.2. The van der Waals surface area contributed by atoms with Gasteiger partial charge in [-0.25, -0.2) is 4.98 Å². The van der Waals surface area contributed by atoms with Crippen molar-refractivity contribution < 1.29 is 9.59 Å². The predicted octanol–water partition coefficient (Wildman–Crippen LogP) is 0.549. The Kier molecular flexibility index (Phi) is 3.22. The number of hydrogen-bond acceptors (Lipinski definition) is 4. The van der Waals surface area contributed by atoms with Gasteiger partial charge in [-0.05, 0) is 6.42 Å². The van der Waals surface area contributed by atoms with Gasteiger partial charge < -0.3 is 9.80 Å². The minimum atomic E-state index is -0.165. The van der Waals surface area contributed by atoms with E-state index in [1.165, 1.54) is 0 Å². The van der Waals surface area contributed by atoms with Gasteiger partial charge >= 0.3 is 0 Å². The molecule has 3 heterocycles. The van der Waals surface area contributed by atoms with Crippen LogP contribution < -0.4 is 0 Å². The molecule has 2 aliphatic heterocycles. The van der Waals surface area contributed by atoms with Crippen molar-refractivity contribution in [2.24, 2.45) is 0 Å². The quantitative estimate of drug-likeness (QED) is 0.819. The molecule has 1 aromatic heterocycles. The van der Waals surface area contributed by atoms with E-state index in [9.17, 15) is 9.59 Å². The first-order valence-corrected chi connectivity index (χ1v) is 7.38. The summed E-state index contributed by atoms with van der Waals surface area (Å²) in [5.41, 5.74) is -0.165. The summed E-state index contributed by atoms with van der Waals surface area (Å²) in [5, 5.41) is 6.90.